The largest absolute Gasteiger partial charge is 0.489 e. The van der Waals surface area contributed by atoms with E-state index in [1.54, 1.807) is 42.5 Å². The van der Waals surface area contributed by atoms with E-state index in [1.165, 1.54) is 0 Å². The lowest BCUT2D eigenvalue weighted by molar-refractivity contribution is 0.0516. The van der Waals surface area contributed by atoms with E-state index in [9.17, 15) is 4.79 Å². The smallest absolute Gasteiger partial charge is 0.365 e. The van der Waals surface area contributed by atoms with Gasteiger partial charge in [0.1, 0.15) is 12.4 Å². The van der Waals surface area contributed by atoms with Crippen LogP contribution in [-0.4, -0.2) is 11.8 Å². The highest BCUT2D eigenvalue weighted by Crippen LogP contribution is 2.23. The van der Waals surface area contributed by atoms with Crippen LogP contribution in [0.3, 0.4) is 0 Å². The Morgan fingerprint density at radius 2 is 1.83 bits per heavy atom. The fourth-order valence-electron chi connectivity index (χ4n) is 2.85. The van der Waals surface area contributed by atoms with Gasteiger partial charge in [0, 0.05) is 16.3 Å². The van der Waals surface area contributed by atoms with E-state index in [4.69, 9.17) is 32.6 Å². The molecule has 0 spiro atoms. The highest BCUT2D eigenvalue weighted by Gasteiger charge is 2.11. The van der Waals surface area contributed by atoms with Gasteiger partial charge < -0.3 is 21.0 Å². The molecule has 154 valence electrons. The van der Waals surface area contributed by atoms with Gasteiger partial charge in [-0.3, -0.25) is 0 Å². The minimum atomic E-state index is -0.621. The summed E-state index contributed by atoms with van der Waals surface area (Å²) in [5, 5.41) is 4.41. The van der Waals surface area contributed by atoms with Gasteiger partial charge in [-0.2, -0.15) is 0 Å². The molecule has 3 aromatic carbocycles. The molecule has 0 bridgehead atoms. The molecule has 3 rings (SSSR count). The first-order valence-electron chi connectivity index (χ1n) is 9.23. The molecule has 0 aromatic heterocycles. The van der Waals surface area contributed by atoms with Gasteiger partial charge in [0.25, 0.3) is 0 Å². The van der Waals surface area contributed by atoms with Gasteiger partial charge in [-0.05, 0) is 66.9 Å². The highest BCUT2D eigenvalue weighted by atomic mass is 35.5. The molecule has 6 nitrogen and oxygen atoms in total. The maximum absolute atomic E-state index is 12.4. The van der Waals surface area contributed by atoms with Crippen LogP contribution in [0.4, 0.5) is 5.69 Å². The van der Waals surface area contributed by atoms with E-state index in [-0.39, 0.29) is 12.4 Å². The molecule has 30 heavy (non-hydrogen) atoms. The second-order valence-electron chi connectivity index (χ2n) is 6.77. The highest BCUT2D eigenvalue weighted by molar-refractivity contribution is 6.30. The summed E-state index contributed by atoms with van der Waals surface area (Å²) in [5.74, 6) is 0.178. The van der Waals surface area contributed by atoms with Gasteiger partial charge in [0.15, 0.2) is 5.84 Å². The van der Waals surface area contributed by atoms with E-state index < -0.39 is 5.97 Å². The van der Waals surface area contributed by atoms with Crippen LogP contribution in [-0.2, 0) is 11.4 Å². The summed E-state index contributed by atoms with van der Waals surface area (Å²) in [4.78, 5) is 17.4. The number of nitrogen functional groups attached to an aromatic ring is 1. The Bertz CT molecular complexity index is 1110. The number of amidine groups is 1. The van der Waals surface area contributed by atoms with E-state index in [2.05, 4.69) is 5.16 Å². The number of rotatable bonds is 6. The van der Waals surface area contributed by atoms with Crippen LogP contribution in [0.1, 0.15) is 32.6 Å². The summed E-state index contributed by atoms with van der Waals surface area (Å²) in [5.41, 5.74) is 15.9. The fraction of sp³-hybridized carbons (Fsp3) is 0.130. The second-order valence-corrected chi connectivity index (χ2v) is 7.21. The first kappa shape index (κ1) is 21.2. The Balaban J connectivity index is 1.67. The minimum absolute atomic E-state index is 0.0749. The van der Waals surface area contributed by atoms with Crippen molar-refractivity contribution in [2.24, 2.45) is 10.9 Å². The molecule has 0 heterocycles. The number of carbonyl (C=O) groups is 1. The zero-order valence-electron chi connectivity index (χ0n) is 16.7. The van der Waals surface area contributed by atoms with Crippen LogP contribution in [0, 0.1) is 13.8 Å². The predicted molar refractivity (Wildman–Crippen MR) is 119 cm³/mol. The topological polar surface area (TPSA) is 99.9 Å². The average Bonchev–Trinajstić information content (AvgIpc) is 2.73. The Hall–Kier alpha value is -3.51. The number of nitrogens with zero attached hydrogens (tertiary/aromatic N) is 1. The first-order chi connectivity index (χ1) is 14.3. The van der Waals surface area contributed by atoms with Crippen LogP contribution in [0.2, 0.25) is 5.02 Å². The number of benzene rings is 3. The van der Waals surface area contributed by atoms with Crippen molar-refractivity contribution in [1.82, 2.24) is 0 Å². The van der Waals surface area contributed by atoms with Crippen molar-refractivity contribution >= 4 is 29.1 Å². The molecule has 0 fully saturated rings. The van der Waals surface area contributed by atoms with Crippen LogP contribution in [0.25, 0.3) is 0 Å². The summed E-state index contributed by atoms with van der Waals surface area (Å²) in [6.07, 6.45) is 0. The number of anilines is 1. The predicted octanol–water partition coefficient (Wildman–Crippen LogP) is 4.60. The summed E-state index contributed by atoms with van der Waals surface area (Å²) < 4.78 is 5.82. The Morgan fingerprint density at radius 1 is 1.07 bits per heavy atom. The van der Waals surface area contributed by atoms with Gasteiger partial charge in [-0.25, -0.2) is 4.79 Å². The van der Waals surface area contributed by atoms with Gasteiger partial charge in [0.2, 0.25) is 0 Å². The molecule has 0 radical (unpaired) electrons. The molecule has 0 unspecified atom stereocenters. The quantitative estimate of drug-likeness (QED) is 0.198. The lowest BCUT2D eigenvalue weighted by atomic mass is 10.1. The molecule has 0 aliphatic heterocycles. The number of halogens is 1. The van der Waals surface area contributed by atoms with E-state index >= 15 is 0 Å². The lowest BCUT2D eigenvalue weighted by Crippen LogP contribution is -2.17. The van der Waals surface area contributed by atoms with Gasteiger partial charge in [-0.1, -0.05) is 41.0 Å². The molecular weight excluding hydrogens is 402 g/mol. The zero-order chi connectivity index (χ0) is 21.7. The van der Waals surface area contributed by atoms with Crippen molar-refractivity contribution in [2.45, 2.75) is 20.5 Å². The van der Waals surface area contributed by atoms with Crippen LogP contribution < -0.4 is 16.2 Å². The van der Waals surface area contributed by atoms with Gasteiger partial charge in [-0.15, -0.1) is 0 Å². The van der Waals surface area contributed by atoms with Crippen molar-refractivity contribution < 1.29 is 14.4 Å². The summed E-state index contributed by atoms with van der Waals surface area (Å²) in [6.45, 7) is 4.03. The first-order valence-corrected chi connectivity index (χ1v) is 9.61. The molecule has 0 aliphatic carbocycles. The summed E-state index contributed by atoms with van der Waals surface area (Å²) >= 11 is 5.96. The van der Waals surface area contributed by atoms with Crippen molar-refractivity contribution in [3.8, 4) is 5.75 Å². The maximum atomic E-state index is 12.4. The number of nitrogens with two attached hydrogens (primary N) is 2. The van der Waals surface area contributed by atoms with Gasteiger partial charge >= 0.3 is 5.97 Å². The number of aryl methyl sites for hydroxylation is 1. The summed E-state index contributed by atoms with van der Waals surface area (Å²) in [7, 11) is 0. The monoisotopic (exact) mass is 423 g/mol. The molecule has 0 aliphatic rings. The van der Waals surface area contributed by atoms with E-state index in [0.717, 1.165) is 22.4 Å². The van der Waals surface area contributed by atoms with Crippen molar-refractivity contribution in [3.63, 3.8) is 0 Å². The van der Waals surface area contributed by atoms with E-state index in [0.29, 0.717) is 21.8 Å². The van der Waals surface area contributed by atoms with Crippen LogP contribution in [0.15, 0.2) is 65.8 Å². The Morgan fingerprint density at radius 3 is 2.60 bits per heavy atom. The van der Waals surface area contributed by atoms with Crippen LogP contribution >= 0.6 is 11.6 Å². The number of ether oxygens (including phenoxy) is 1. The van der Waals surface area contributed by atoms with E-state index in [1.807, 2.05) is 32.0 Å². The number of oxime groups is 1. The third-order valence-corrected chi connectivity index (χ3v) is 4.81. The zero-order valence-corrected chi connectivity index (χ0v) is 17.4. The molecule has 4 N–H and O–H groups in total. The number of hydrogen-bond donors (Lipinski definition) is 2. The molecule has 3 aromatic rings. The van der Waals surface area contributed by atoms with Gasteiger partial charge in [0.05, 0.1) is 5.56 Å². The van der Waals surface area contributed by atoms with Crippen molar-refractivity contribution in [1.29, 1.82) is 0 Å². The number of hydrogen-bond acceptors (Lipinski definition) is 5. The molecule has 0 saturated heterocycles. The normalized spacial score (nSPS) is 11.2. The molecule has 0 saturated carbocycles. The molecular formula is C23H22ClN3O3. The molecule has 7 heteroatoms. The number of carbonyl (C=O) groups excluding carboxylic acids is 1. The minimum Gasteiger partial charge on any atom is -0.489 e. The average molecular weight is 424 g/mol. The van der Waals surface area contributed by atoms with Crippen LogP contribution in [0.5, 0.6) is 5.75 Å². The third-order valence-electron chi connectivity index (χ3n) is 4.57. The third kappa shape index (κ3) is 5.10. The maximum Gasteiger partial charge on any atom is 0.365 e. The summed E-state index contributed by atoms with van der Waals surface area (Å²) in [6, 6.07) is 17.6. The standard InChI is InChI=1S/C23H22ClN3O3/c1-14-11-18(24)9-10-21(14)29-13-16-5-3-6-17(12-16)23(28)30-27-22(26)19-7-4-8-20(25)15(19)2/h3-12H,13,25H2,1-2H3,(H2,26,27). The molecule has 0 amide bonds. The van der Waals surface area contributed by atoms with Crippen molar-refractivity contribution in [2.75, 3.05) is 5.73 Å². The van der Waals surface area contributed by atoms with Crippen molar-refractivity contribution in [3.05, 3.63) is 93.5 Å². The Labute approximate surface area is 180 Å². The molecule has 0 atom stereocenters. The SMILES string of the molecule is Cc1cc(Cl)ccc1OCc1cccc(C(=O)O/N=C(\N)c2cccc(N)c2C)c1. The Kier molecular flexibility index (Phi) is 6.59. The fourth-order valence-corrected chi connectivity index (χ4v) is 3.07. The lowest BCUT2D eigenvalue weighted by Gasteiger charge is -2.10. The second kappa shape index (κ2) is 9.33.